The Morgan fingerprint density at radius 1 is 1.27 bits per heavy atom. The van der Waals surface area contributed by atoms with Crippen molar-refractivity contribution in [3.63, 3.8) is 0 Å². The lowest BCUT2D eigenvalue weighted by Crippen LogP contribution is -1.98. The molecule has 0 unspecified atom stereocenters. The van der Waals surface area contributed by atoms with Gasteiger partial charge in [-0.15, -0.1) is 0 Å². The van der Waals surface area contributed by atoms with Crippen molar-refractivity contribution in [2.75, 3.05) is 0 Å². The zero-order valence-corrected chi connectivity index (χ0v) is 13.9. The van der Waals surface area contributed by atoms with E-state index in [1.54, 1.807) is 37.4 Å². The lowest BCUT2D eigenvalue weighted by atomic mass is 10.1. The molecule has 2 N–H and O–H groups in total. The Balaban J connectivity index is 1.92. The molecule has 3 aromatic rings. The molecule has 0 aliphatic heterocycles. The second-order valence-corrected chi connectivity index (χ2v) is 5.42. The third-order valence-electron chi connectivity index (χ3n) is 3.78. The van der Waals surface area contributed by atoms with Crippen molar-refractivity contribution in [2.24, 2.45) is 0 Å². The molecule has 7 heteroatoms. The number of ether oxygens (including phenoxy) is 1. The number of aldehydes is 2. The molecule has 130 valence electrons. The Hall–Kier alpha value is -3.74. The molecule has 1 aromatic carbocycles. The van der Waals surface area contributed by atoms with Crippen LogP contribution in [0.5, 0.6) is 5.75 Å². The Kier molecular flexibility index (Phi) is 4.89. The van der Waals surface area contributed by atoms with E-state index in [-0.39, 0.29) is 5.69 Å². The molecule has 3 rings (SSSR count). The first-order chi connectivity index (χ1) is 12.7. The van der Waals surface area contributed by atoms with Crippen LogP contribution in [0, 0.1) is 12.3 Å². The molecule has 2 heterocycles. The number of carbonyl (C=O) groups is 2. The second-order valence-electron chi connectivity index (χ2n) is 5.42. The van der Waals surface area contributed by atoms with Gasteiger partial charge in [-0.25, -0.2) is 0 Å². The molecule has 0 aliphatic carbocycles. The average Bonchev–Trinajstić information content (AvgIpc) is 3.28. The van der Waals surface area contributed by atoms with Gasteiger partial charge in [0.25, 0.3) is 0 Å². The van der Waals surface area contributed by atoms with E-state index in [1.807, 2.05) is 0 Å². The summed E-state index contributed by atoms with van der Waals surface area (Å²) in [5.74, 6) is 1.34. The molecular formula is C19H15N3O4. The molecule has 0 saturated carbocycles. The van der Waals surface area contributed by atoms with E-state index in [4.69, 9.17) is 14.7 Å². The maximum Gasteiger partial charge on any atom is 0.171 e. The SMILES string of the molecule is Cc1c(C=O)c[nH]c1/C(=C\C=N)Oc1cccc(-c2cc(C=O)no2)c1. The van der Waals surface area contributed by atoms with Gasteiger partial charge in [0.15, 0.2) is 24.1 Å². The van der Waals surface area contributed by atoms with Gasteiger partial charge in [-0.1, -0.05) is 17.3 Å². The van der Waals surface area contributed by atoms with Gasteiger partial charge in [-0.2, -0.15) is 0 Å². The Morgan fingerprint density at radius 3 is 2.77 bits per heavy atom. The summed E-state index contributed by atoms with van der Waals surface area (Å²) in [6.45, 7) is 1.79. The highest BCUT2D eigenvalue weighted by Crippen LogP contribution is 2.28. The lowest BCUT2D eigenvalue weighted by Gasteiger charge is -2.10. The van der Waals surface area contributed by atoms with Crippen molar-refractivity contribution in [2.45, 2.75) is 6.92 Å². The lowest BCUT2D eigenvalue weighted by molar-refractivity contribution is 0.111. The third-order valence-corrected chi connectivity index (χ3v) is 3.78. The summed E-state index contributed by atoms with van der Waals surface area (Å²) in [5, 5.41) is 11.0. The van der Waals surface area contributed by atoms with Crippen molar-refractivity contribution in [3.8, 4) is 17.1 Å². The monoisotopic (exact) mass is 349 g/mol. The molecule has 0 aliphatic rings. The molecule has 7 nitrogen and oxygen atoms in total. The smallest absolute Gasteiger partial charge is 0.171 e. The van der Waals surface area contributed by atoms with E-state index < -0.39 is 0 Å². The van der Waals surface area contributed by atoms with Gasteiger partial charge in [0.05, 0.1) is 5.69 Å². The number of H-pyrrole nitrogens is 1. The Labute approximate surface area is 148 Å². The number of aromatic nitrogens is 2. The first kappa shape index (κ1) is 17.1. The fourth-order valence-electron chi connectivity index (χ4n) is 2.45. The Bertz CT molecular complexity index is 998. The van der Waals surface area contributed by atoms with Gasteiger partial charge in [0.1, 0.15) is 11.4 Å². The first-order valence-corrected chi connectivity index (χ1v) is 7.70. The number of hydrogen-bond donors (Lipinski definition) is 2. The van der Waals surface area contributed by atoms with Gasteiger partial charge in [-0.3, -0.25) is 9.59 Å². The van der Waals surface area contributed by atoms with Crippen molar-refractivity contribution < 1.29 is 18.8 Å². The molecule has 2 aromatic heterocycles. The molecule has 0 spiro atoms. The molecule has 0 amide bonds. The van der Waals surface area contributed by atoms with Crippen LogP contribution in [0.3, 0.4) is 0 Å². The summed E-state index contributed by atoms with van der Waals surface area (Å²) in [5.41, 5.74) is 2.77. The quantitative estimate of drug-likeness (QED) is 0.384. The predicted octanol–water partition coefficient (Wildman–Crippen LogP) is 3.67. The van der Waals surface area contributed by atoms with Gasteiger partial charge in [0, 0.05) is 35.7 Å². The van der Waals surface area contributed by atoms with Crippen molar-refractivity contribution >= 4 is 24.5 Å². The van der Waals surface area contributed by atoms with E-state index in [0.29, 0.717) is 40.4 Å². The third kappa shape index (κ3) is 3.36. The molecule has 0 radical (unpaired) electrons. The van der Waals surface area contributed by atoms with Crippen molar-refractivity contribution in [1.82, 2.24) is 10.1 Å². The van der Waals surface area contributed by atoms with Crippen LogP contribution in [0.15, 0.2) is 47.1 Å². The fraction of sp³-hybridized carbons (Fsp3) is 0.0526. The van der Waals surface area contributed by atoms with E-state index in [2.05, 4.69) is 10.1 Å². The number of hydrogen-bond acceptors (Lipinski definition) is 6. The number of carbonyl (C=O) groups excluding carboxylic acids is 2. The molecule has 26 heavy (non-hydrogen) atoms. The standard InChI is InChI=1S/C19H15N3O4/c1-12-14(10-23)9-21-19(12)17(5-6-20)25-16-4-2-3-13(7-16)18-8-15(11-24)22-26-18/h2-11,20-21H,1H3/b17-5+,20-6?. The molecule has 0 fully saturated rings. The zero-order chi connectivity index (χ0) is 18.5. The molecular weight excluding hydrogens is 334 g/mol. The normalized spacial score (nSPS) is 11.2. The molecule has 0 saturated heterocycles. The number of allylic oxidation sites excluding steroid dienone is 1. The van der Waals surface area contributed by atoms with Gasteiger partial charge in [-0.05, 0) is 24.6 Å². The summed E-state index contributed by atoms with van der Waals surface area (Å²) < 4.78 is 11.0. The highest BCUT2D eigenvalue weighted by molar-refractivity contribution is 5.85. The Morgan fingerprint density at radius 2 is 2.12 bits per heavy atom. The van der Waals surface area contributed by atoms with Crippen LogP contribution < -0.4 is 4.74 Å². The number of rotatable bonds is 7. The average molecular weight is 349 g/mol. The maximum atomic E-state index is 11.0. The highest BCUT2D eigenvalue weighted by Gasteiger charge is 2.14. The highest BCUT2D eigenvalue weighted by atomic mass is 16.5. The minimum Gasteiger partial charge on any atom is -0.455 e. The van der Waals surface area contributed by atoms with Crippen LogP contribution in [0.4, 0.5) is 0 Å². The molecule has 0 bridgehead atoms. The van der Waals surface area contributed by atoms with E-state index in [1.165, 1.54) is 12.1 Å². The minimum atomic E-state index is 0.208. The first-order valence-electron chi connectivity index (χ1n) is 7.70. The second kappa shape index (κ2) is 7.43. The summed E-state index contributed by atoms with van der Waals surface area (Å²) in [4.78, 5) is 24.8. The van der Waals surface area contributed by atoms with Crippen molar-refractivity contribution in [1.29, 1.82) is 5.41 Å². The van der Waals surface area contributed by atoms with Gasteiger partial charge < -0.3 is 19.7 Å². The van der Waals surface area contributed by atoms with Gasteiger partial charge >= 0.3 is 0 Å². The summed E-state index contributed by atoms with van der Waals surface area (Å²) in [6.07, 6.45) is 5.54. The number of benzene rings is 1. The van der Waals surface area contributed by atoms with Crippen LogP contribution in [0.2, 0.25) is 0 Å². The predicted molar refractivity (Wildman–Crippen MR) is 95.6 cm³/mol. The van der Waals surface area contributed by atoms with Crippen LogP contribution in [0.1, 0.15) is 32.1 Å². The summed E-state index contributed by atoms with van der Waals surface area (Å²) in [6, 6.07) is 8.58. The number of nitrogens with one attached hydrogen (secondary N) is 2. The fourth-order valence-corrected chi connectivity index (χ4v) is 2.45. The summed E-state index contributed by atoms with van der Waals surface area (Å²) in [7, 11) is 0. The topological polar surface area (TPSA) is 109 Å². The van der Waals surface area contributed by atoms with E-state index >= 15 is 0 Å². The number of nitrogens with zero attached hydrogens (tertiary/aromatic N) is 1. The zero-order valence-electron chi connectivity index (χ0n) is 13.9. The van der Waals surface area contributed by atoms with E-state index in [0.717, 1.165) is 18.1 Å². The summed E-state index contributed by atoms with van der Waals surface area (Å²) >= 11 is 0. The van der Waals surface area contributed by atoms with Crippen LogP contribution >= 0.6 is 0 Å². The minimum absolute atomic E-state index is 0.208. The largest absolute Gasteiger partial charge is 0.455 e. The van der Waals surface area contributed by atoms with Crippen LogP contribution in [0.25, 0.3) is 17.1 Å². The maximum absolute atomic E-state index is 11.0. The van der Waals surface area contributed by atoms with Crippen LogP contribution in [-0.4, -0.2) is 28.9 Å². The number of aromatic amines is 1. The molecule has 0 atom stereocenters. The van der Waals surface area contributed by atoms with E-state index in [9.17, 15) is 9.59 Å². The van der Waals surface area contributed by atoms with Crippen LogP contribution in [-0.2, 0) is 0 Å². The van der Waals surface area contributed by atoms with Crippen molar-refractivity contribution in [3.05, 3.63) is 65.1 Å². The van der Waals surface area contributed by atoms with Gasteiger partial charge in [0.2, 0.25) is 0 Å².